The van der Waals surface area contributed by atoms with Gasteiger partial charge in [-0.25, -0.2) is 0 Å². The molecule has 1 aromatic heterocycles. The first-order valence-corrected chi connectivity index (χ1v) is 7.04. The summed E-state index contributed by atoms with van der Waals surface area (Å²) in [6, 6.07) is 15.7. The lowest BCUT2D eigenvalue weighted by Crippen LogP contribution is -2.26. The van der Waals surface area contributed by atoms with E-state index >= 15 is 0 Å². The van der Waals surface area contributed by atoms with Crippen molar-refractivity contribution in [2.24, 2.45) is 0 Å². The number of nitrogens with zero attached hydrogens (tertiary/aromatic N) is 3. The number of nitriles is 1. The predicted octanol–water partition coefficient (Wildman–Crippen LogP) is 2.80. The Labute approximate surface area is 125 Å². The molecule has 0 radical (unpaired) electrons. The summed E-state index contributed by atoms with van der Waals surface area (Å²) in [4.78, 5) is 13.8. The molecule has 0 aliphatic carbocycles. The summed E-state index contributed by atoms with van der Waals surface area (Å²) >= 11 is 0. The maximum absolute atomic E-state index is 12.1. The van der Waals surface area contributed by atoms with Crippen LogP contribution in [0, 0.1) is 11.3 Å². The minimum atomic E-state index is 0.129. The van der Waals surface area contributed by atoms with Gasteiger partial charge >= 0.3 is 0 Å². The number of hydrogen-bond donors (Lipinski definition) is 0. The Balaban J connectivity index is 1.78. The molecular weight excluding hydrogens is 262 g/mol. The Hall–Kier alpha value is -2.54. The fourth-order valence-corrected chi connectivity index (χ4v) is 2.25. The van der Waals surface area contributed by atoms with Crippen molar-refractivity contribution in [2.75, 3.05) is 7.05 Å². The minimum absolute atomic E-state index is 0.129. The molecule has 2 rings (SSSR count). The molecule has 0 atom stereocenters. The molecule has 0 bridgehead atoms. The van der Waals surface area contributed by atoms with E-state index in [-0.39, 0.29) is 5.91 Å². The molecule has 0 fully saturated rings. The average Bonchev–Trinajstić information content (AvgIpc) is 2.95. The molecule has 0 aliphatic heterocycles. The number of amides is 1. The van der Waals surface area contributed by atoms with Gasteiger partial charge in [-0.05, 0) is 24.1 Å². The Morgan fingerprint density at radius 1 is 1.24 bits per heavy atom. The summed E-state index contributed by atoms with van der Waals surface area (Å²) in [5, 5.41) is 8.92. The summed E-state index contributed by atoms with van der Waals surface area (Å²) < 4.78 is 1.88. The third-order valence-electron chi connectivity index (χ3n) is 3.42. The predicted molar refractivity (Wildman–Crippen MR) is 81.3 cm³/mol. The van der Waals surface area contributed by atoms with Crippen molar-refractivity contribution < 1.29 is 4.79 Å². The molecule has 2 aromatic rings. The molecule has 108 valence electrons. The van der Waals surface area contributed by atoms with Crippen molar-refractivity contribution >= 4 is 5.91 Å². The molecule has 4 nitrogen and oxygen atoms in total. The van der Waals surface area contributed by atoms with E-state index < -0.39 is 0 Å². The first-order valence-electron chi connectivity index (χ1n) is 7.04. The van der Waals surface area contributed by atoms with Crippen LogP contribution in [0.4, 0.5) is 0 Å². The molecule has 4 heteroatoms. The van der Waals surface area contributed by atoms with Crippen molar-refractivity contribution in [3.63, 3.8) is 0 Å². The topological polar surface area (TPSA) is 49.0 Å². The van der Waals surface area contributed by atoms with Gasteiger partial charge in [0.05, 0.1) is 0 Å². The highest BCUT2D eigenvalue weighted by Crippen LogP contribution is 2.07. The zero-order chi connectivity index (χ0) is 15.1. The van der Waals surface area contributed by atoms with Crippen LogP contribution >= 0.6 is 0 Å². The third kappa shape index (κ3) is 4.22. The van der Waals surface area contributed by atoms with Crippen LogP contribution in [0.25, 0.3) is 0 Å². The molecule has 1 aromatic carbocycles. The Morgan fingerprint density at radius 3 is 2.71 bits per heavy atom. The lowest BCUT2D eigenvalue weighted by Gasteiger charge is -2.17. The van der Waals surface area contributed by atoms with Crippen LogP contribution in [0.2, 0.25) is 0 Å². The summed E-state index contributed by atoms with van der Waals surface area (Å²) in [6.07, 6.45) is 3.10. The second-order valence-corrected chi connectivity index (χ2v) is 5.04. The number of aryl methyl sites for hydroxylation is 1. The zero-order valence-electron chi connectivity index (χ0n) is 12.2. The van der Waals surface area contributed by atoms with Gasteiger partial charge in [0.2, 0.25) is 5.91 Å². The van der Waals surface area contributed by atoms with Gasteiger partial charge in [0.25, 0.3) is 0 Å². The van der Waals surface area contributed by atoms with Crippen molar-refractivity contribution in [1.29, 1.82) is 5.26 Å². The Morgan fingerprint density at radius 2 is 2.00 bits per heavy atom. The highest BCUT2D eigenvalue weighted by Gasteiger charge is 2.09. The molecular formula is C17H19N3O. The van der Waals surface area contributed by atoms with Crippen LogP contribution in [0.1, 0.15) is 24.1 Å². The monoisotopic (exact) mass is 281 g/mol. The standard InChI is InChI=1S/C17H19N3O/c1-19(14-15-7-3-2-4-8-15)17(21)10-6-12-20-11-5-9-16(20)13-18/h2-5,7-9,11H,6,10,12,14H2,1H3. The number of rotatable bonds is 6. The first-order chi connectivity index (χ1) is 10.2. The number of carbonyl (C=O) groups excluding carboxylic acids is 1. The normalized spacial score (nSPS) is 10.1. The molecule has 0 spiro atoms. The van der Waals surface area contributed by atoms with Gasteiger partial charge < -0.3 is 9.47 Å². The minimum Gasteiger partial charge on any atom is -0.341 e. The summed E-state index contributed by atoms with van der Waals surface area (Å²) in [7, 11) is 1.83. The largest absolute Gasteiger partial charge is 0.341 e. The number of aromatic nitrogens is 1. The maximum Gasteiger partial charge on any atom is 0.222 e. The number of benzene rings is 1. The van der Waals surface area contributed by atoms with Gasteiger partial charge in [0, 0.05) is 32.8 Å². The van der Waals surface area contributed by atoms with Crippen molar-refractivity contribution in [2.45, 2.75) is 25.9 Å². The average molecular weight is 281 g/mol. The van der Waals surface area contributed by atoms with Gasteiger partial charge in [0.15, 0.2) is 0 Å². The highest BCUT2D eigenvalue weighted by molar-refractivity contribution is 5.75. The van der Waals surface area contributed by atoms with Crippen LogP contribution in [-0.2, 0) is 17.9 Å². The van der Waals surface area contributed by atoms with Crippen molar-refractivity contribution in [3.05, 3.63) is 59.9 Å². The van der Waals surface area contributed by atoms with Crippen LogP contribution in [0.3, 0.4) is 0 Å². The molecule has 21 heavy (non-hydrogen) atoms. The fraction of sp³-hybridized carbons (Fsp3) is 0.294. The van der Waals surface area contributed by atoms with Gasteiger partial charge in [0.1, 0.15) is 11.8 Å². The van der Waals surface area contributed by atoms with E-state index in [1.54, 1.807) is 11.0 Å². The zero-order valence-corrected chi connectivity index (χ0v) is 12.2. The summed E-state index contributed by atoms with van der Waals surface area (Å²) in [5.74, 6) is 0.129. The van der Waals surface area contributed by atoms with Crippen molar-refractivity contribution in [3.8, 4) is 6.07 Å². The number of carbonyl (C=O) groups is 1. The molecule has 0 saturated heterocycles. The van der Waals surface area contributed by atoms with Gasteiger partial charge in [-0.1, -0.05) is 30.3 Å². The van der Waals surface area contributed by atoms with Gasteiger partial charge in [-0.15, -0.1) is 0 Å². The SMILES string of the molecule is CN(Cc1ccccc1)C(=O)CCCn1cccc1C#N. The van der Waals surface area contributed by atoms with E-state index in [0.717, 1.165) is 12.0 Å². The molecule has 0 aliphatic rings. The highest BCUT2D eigenvalue weighted by atomic mass is 16.2. The van der Waals surface area contributed by atoms with E-state index in [9.17, 15) is 4.79 Å². The van der Waals surface area contributed by atoms with E-state index in [2.05, 4.69) is 6.07 Å². The second kappa shape index (κ2) is 7.30. The molecule has 1 heterocycles. The quantitative estimate of drug-likeness (QED) is 0.817. The lowest BCUT2D eigenvalue weighted by molar-refractivity contribution is -0.130. The van der Waals surface area contributed by atoms with E-state index in [1.165, 1.54) is 0 Å². The summed E-state index contributed by atoms with van der Waals surface area (Å²) in [5.41, 5.74) is 1.77. The molecule has 0 N–H and O–H groups in total. The van der Waals surface area contributed by atoms with Crippen LogP contribution in [0.15, 0.2) is 48.7 Å². The first kappa shape index (κ1) is 14.9. The van der Waals surface area contributed by atoms with Crippen LogP contribution < -0.4 is 0 Å². The van der Waals surface area contributed by atoms with E-state index in [0.29, 0.717) is 25.2 Å². The van der Waals surface area contributed by atoms with Gasteiger partial charge in [-0.2, -0.15) is 5.26 Å². The number of hydrogen-bond acceptors (Lipinski definition) is 2. The lowest BCUT2D eigenvalue weighted by atomic mass is 10.2. The van der Waals surface area contributed by atoms with Crippen molar-refractivity contribution in [1.82, 2.24) is 9.47 Å². The fourth-order valence-electron chi connectivity index (χ4n) is 2.25. The molecule has 0 unspecified atom stereocenters. The van der Waals surface area contributed by atoms with Crippen LogP contribution in [-0.4, -0.2) is 22.4 Å². The Bertz CT molecular complexity index is 625. The van der Waals surface area contributed by atoms with E-state index in [1.807, 2.05) is 54.2 Å². The third-order valence-corrected chi connectivity index (χ3v) is 3.42. The molecule has 1 amide bonds. The van der Waals surface area contributed by atoms with Crippen LogP contribution in [0.5, 0.6) is 0 Å². The second-order valence-electron chi connectivity index (χ2n) is 5.04. The molecule has 0 saturated carbocycles. The maximum atomic E-state index is 12.1. The van der Waals surface area contributed by atoms with Gasteiger partial charge in [-0.3, -0.25) is 4.79 Å². The Kier molecular flexibility index (Phi) is 5.16. The van der Waals surface area contributed by atoms with E-state index in [4.69, 9.17) is 5.26 Å². The summed E-state index contributed by atoms with van der Waals surface area (Å²) in [6.45, 7) is 1.33. The smallest absolute Gasteiger partial charge is 0.222 e.